The number of anilines is 1. The maximum atomic E-state index is 13.3. The first-order valence-electron chi connectivity index (χ1n) is 13.0. The second-order valence-corrected chi connectivity index (χ2v) is 11.3. The molecule has 1 aliphatic carbocycles. The molecule has 5 nitrogen and oxygen atoms in total. The molecule has 190 valence electrons. The minimum atomic E-state index is -0.0741. The smallest absolute Gasteiger partial charge is 0.254 e. The molecular weight excluding hydrogens is 490 g/mol. The summed E-state index contributed by atoms with van der Waals surface area (Å²) in [6, 6.07) is 22.1. The molecule has 0 spiro atoms. The standard InChI is InChI=1S/C32H29N3O2S/c1-20-7-3-6-10-27(20)31(37)35-16-15-25-19-26(13-14-28(25)35)30-21(2)38-32(34-30)33-29(36)18-22-11-12-23-8-4-5-9-24(23)17-22/h3-14,17,19,25,28H,15-16,18H2,1-2H3,(H,33,34,36). The summed E-state index contributed by atoms with van der Waals surface area (Å²) < 4.78 is 0. The molecule has 0 bridgehead atoms. The Morgan fingerprint density at radius 3 is 2.66 bits per heavy atom. The largest absolute Gasteiger partial charge is 0.332 e. The summed E-state index contributed by atoms with van der Waals surface area (Å²) in [5.41, 5.74) is 4.71. The zero-order valence-electron chi connectivity index (χ0n) is 21.5. The first-order chi connectivity index (χ1) is 18.5. The number of carbonyl (C=O) groups is 2. The first kappa shape index (κ1) is 24.3. The van der Waals surface area contributed by atoms with Crippen LogP contribution in [0.2, 0.25) is 0 Å². The SMILES string of the molecule is Cc1ccccc1C(=O)N1CCC2C=C(c3nc(NC(=O)Cc4ccc5ccccc5c4)sc3C)C=CC21. The highest BCUT2D eigenvalue weighted by atomic mass is 32.1. The van der Waals surface area contributed by atoms with Crippen LogP contribution in [-0.4, -0.2) is 34.3 Å². The van der Waals surface area contributed by atoms with Crippen molar-refractivity contribution in [2.45, 2.75) is 32.7 Å². The lowest BCUT2D eigenvalue weighted by atomic mass is 9.90. The van der Waals surface area contributed by atoms with Crippen LogP contribution in [0.25, 0.3) is 16.3 Å². The van der Waals surface area contributed by atoms with E-state index in [0.29, 0.717) is 11.6 Å². The monoisotopic (exact) mass is 519 g/mol. The van der Waals surface area contributed by atoms with Gasteiger partial charge in [0, 0.05) is 22.9 Å². The maximum absolute atomic E-state index is 13.3. The molecule has 2 amide bonds. The van der Waals surface area contributed by atoms with Crippen molar-refractivity contribution < 1.29 is 9.59 Å². The van der Waals surface area contributed by atoms with E-state index in [2.05, 4.69) is 47.8 Å². The van der Waals surface area contributed by atoms with Gasteiger partial charge in [-0.05, 0) is 53.8 Å². The highest BCUT2D eigenvalue weighted by molar-refractivity contribution is 7.15. The molecule has 1 saturated heterocycles. The minimum absolute atomic E-state index is 0.0610. The number of aryl methyl sites for hydroxylation is 2. The number of thiazole rings is 1. The van der Waals surface area contributed by atoms with E-state index >= 15 is 0 Å². The Morgan fingerprint density at radius 2 is 1.82 bits per heavy atom. The Kier molecular flexibility index (Phi) is 6.42. The fraction of sp³-hybridized carbons (Fsp3) is 0.219. The number of hydrogen-bond donors (Lipinski definition) is 1. The van der Waals surface area contributed by atoms with Crippen molar-refractivity contribution in [1.82, 2.24) is 9.88 Å². The van der Waals surface area contributed by atoms with Crippen molar-refractivity contribution in [3.05, 3.63) is 112 Å². The van der Waals surface area contributed by atoms with Gasteiger partial charge in [-0.3, -0.25) is 9.59 Å². The van der Waals surface area contributed by atoms with E-state index in [9.17, 15) is 9.59 Å². The molecular formula is C32H29N3O2S. The summed E-state index contributed by atoms with van der Waals surface area (Å²) >= 11 is 1.50. The Morgan fingerprint density at radius 1 is 1.03 bits per heavy atom. The average molecular weight is 520 g/mol. The third-order valence-electron chi connectivity index (χ3n) is 7.50. The molecule has 3 aromatic carbocycles. The molecule has 38 heavy (non-hydrogen) atoms. The Hall–Kier alpha value is -4.03. The van der Waals surface area contributed by atoms with Crippen LogP contribution in [-0.2, 0) is 11.2 Å². The van der Waals surface area contributed by atoms with Crippen LogP contribution in [0, 0.1) is 19.8 Å². The second kappa shape index (κ2) is 10.0. The van der Waals surface area contributed by atoms with Crippen molar-refractivity contribution in [2.24, 2.45) is 5.92 Å². The number of nitrogens with one attached hydrogen (secondary N) is 1. The van der Waals surface area contributed by atoms with Gasteiger partial charge in [-0.15, -0.1) is 11.3 Å². The van der Waals surface area contributed by atoms with Crippen LogP contribution in [0.15, 0.2) is 85.0 Å². The van der Waals surface area contributed by atoms with E-state index in [1.807, 2.05) is 61.2 Å². The zero-order chi connectivity index (χ0) is 26.2. The minimum Gasteiger partial charge on any atom is -0.332 e. The molecule has 0 saturated carbocycles. The van der Waals surface area contributed by atoms with Gasteiger partial charge < -0.3 is 10.2 Å². The molecule has 1 N–H and O–H groups in total. The van der Waals surface area contributed by atoms with Crippen molar-refractivity contribution in [3.63, 3.8) is 0 Å². The van der Waals surface area contributed by atoms with Gasteiger partial charge >= 0.3 is 0 Å². The van der Waals surface area contributed by atoms with Gasteiger partial charge in [0.25, 0.3) is 5.91 Å². The molecule has 1 fully saturated rings. The average Bonchev–Trinajstić information content (AvgIpc) is 3.51. The van der Waals surface area contributed by atoms with E-state index < -0.39 is 0 Å². The second-order valence-electron chi connectivity index (χ2n) is 10.1. The van der Waals surface area contributed by atoms with Gasteiger partial charge in [-0.1, -0.05) is 78.9 Å². The summed E-state index contributed by atoms with van der Waals surface area (Å²) in [6.07, 6.45) is 7.69. The van der Waals surface area contributed by atoms with Crippen molar-refractivity contribution in [2.75, 3.05) is 11.9 Å². The Bertz CT molecular complexity index is 1620. The topological polar surface area (TPSA) is 62.3 Å². The van der Waals surface area contributed by atoms with Crippen LogP contribution in [0.1, 0.15) is 38.5 Å². The lowest BCUT2D eigenvalue weighted by molar-refractivity contribution is -0.115. The van der Waals surface area contributed by atoms with Gasteiger partial charge in [0.05, 0.1) is 18.2 Å². The number of benzene rings is 3. The van der Waals surface area contributed by atoms with E-state index in [1.165, 1.54) is 11.3 Å². The van der Waals surface area contributed by atoms with Crippen LogP contribution in [0.4, 0.5) is 5.13 Å². The number of rotatable bonds is 5. The van der Waals surface area contributed by atoms with Crippen LogP contribution < -0.4 is 5.32 Å². The number of fused-ring (bicyclic) bond motifs is 2. The first-order valence-corrected chi connectivity index (χ1v) is 13.8. The van der Waals surface area contributed by atoms with Gasteiger partial charge in [-0.25, -0.2) is 4.98 Å². The zero-order valence-corrected chi connectivity index (χ0v) is 22.3. The van der Waals surface area contributed by atoms with Crippen LogP contribution >= 0.6 is 11.3 Å². The Balaban J connectivity index is 1.14. The van der Waals surface area contributed by atoms with E-state index in [1.54, 1.807) is 0 Å². The molecule has 2 aliphatic rings. The van der Waals surface area contributed by atoms with Crippen molar-refractivity contribution in [1.29, 1.82) is 0 Å². The fourth-order valence-electron chi connectivity index (χ4n) is 5.53. The normalized spacial score (nSPS) is 18.4. The summed E-state index contributed by atoms with van der Waals surface area (Å²) in [5.74, 6) is 0.281. The van der Waals surface area contributed by atoms with Gasteiger partial charge in [0.15, 0.2) is 5.13 Å². The number of aromatic nitrogens is 1. The van der Waals surface area contributed by atoms with Crippen molar-refractivity contribution >= 4 is 44.6 Å². The third-order valence-corrected chi connectivity index (χ3v) is 8.39. The summed E-state index contributed by atoms with van der Waals surface area (Å²) in [6.45, 7) is 4.76. The lowest BCUT2D eigenvalue weighted by Gasteiger charge is -2.27. The molecule has 6 rings (SSSR count). The molecule has 2 atom stereocenters. The molecule has 1 aromatic heterocycles. The number of carbonyl (C=O) groups excluding carboxylic acids is 2. The summed E-state index contributed by atoms with van der Waals surface area (Å²) in [4.78, 5) is 33.9. The summed E-state index contributed by atoms with van der Waals surface area (Å²) in [5, 5.41) is 5.90. The number of likely N-dealkylation sites (tertiary alicyclic amines) is 1. The van der Waals surface area contributed by atoms with E-state index in [-0.39, 0.29) is 23.8 Å². The highest BCUT2D eigenvalue weighted by Gasteiger charge is 2.37. The molecule has 6 heteroatoms. The Labute approximate surface area is 226 Å². The summed E-state index contributed by atoms with van der Waals surface area (Å²) in [7, 11) is 0. The number of amides is 2. The quantitative estimate of drug-likeness (QED) is 0.324. The molecule has 1 aliphatic heterocycles. The predicted octanol–water partition coefficient (Wildman–Crippen LogP) is 6.58. The molecule has 2 unspecified atom stereocenters. The highest BCUT2D eigenvalue weighted by Crippen LogP contribution is 2.37. The van der Waals surface area contributed by atoms with Gasteiger partial charge in [-0.2, -0.15) is 0 Å². The van der Waals surface area contributed by atoms with Crippen molar-refractivity contribution in [3.8, 4) is 0 Å². The third kappa shape index (κ3) is 4.68. The number of nitrogens with zero attached hydrogens (tertiary/aromatic N) is 2. The van der Waals surface area contributed by atoms with Gasteiger partial charge in [0.2, 0.25) is 5.91 Å². The fourth-order valence-corrected chi connectivity index (χ4v) is 6.39. The van der Waals surface area contributed by atoms with Crippen LogP contribution in [0.5, 0.6) is 0 Å². The number of allylic oxidation sites excluding steroid dienone is 2. The molecule has 4 aromatic rings. The maximum Gasteiger partial charge on any atom is 0.254 e. The van der Waals surface area contributed by atoms with Gasteiger partial charge in [0.1, 0.15) is 0 Å². The number of hydrogen-bond acceptors (Lipinski definition) is 4. The van der Waals surface area contributed by atoms with E-state index in [4.69, 9.17) is 4.98 Å². The van der Waals surface area contributed by atoms with E-state index in [0.717, 1.165) is 56.6 Å². The molecule has 0 radical (unpaired) electrons. The lowest BCUT2D eigenvalue weighted by Crippen LogP contribution is -2.37. The predicted molar refractivity (Wildman–Crippen MR) is 154 cm³/mol. The van der Waals surface area contributed by atoms with Crippen LogP contribution in [0.3, 0.4) is 0 Å². The molecule has 2 heterocycles.